The van der Waals surface area contributed by atoms with Crippen molar-refractivity contribution in [1.82, 2.24) is 9.97 Å². The third-order valence-electron chi connectivity index (χ3n) is 5.96. The van der Waals surface area contributed by atoms with Gasteiger partial charge in [-0.2, -0.15) is 0 Å². The van der Waals surface area contributed by atoms with Crippen LogP contribution in [-0.2, 0) is 0 Å². The molecule has 148 valence electrons. The summed E-state index contributed by atoms with van der Waals surface area (Å²) >= 11 is 0. The highest BCUT2D eigenvalue weighted by molar-refractivity contribution is 6.18. The Balaban J connectivity index is 1.75. The molecule has 3 heteroatoms. The molecule has 6 rings (SSSR count). The van der Waals surface area contributed by atoms with Gasteiger partial charge in [0.2, 0.25) is 0 Å². The maximum absolute atomic E-state index is 5.53. The molecule has 1 N–H and O–H groups in total. The zero-order valence-electron chi connectivity index (χ0n) is 17.1. The van der Waals surface area contributed by atoms with Crippen molar-refractivity contribution < 1.29 is 4.74 Å². The van der Waals surface area contributed by atoms with Crippen LogP contribution in [0.5, 0.6) is 5.75 Å². The van der Waals surface area contributed by atoms with Gasteiger partial charge in [-0.3, -0.25) is 4.98 Å². The van der Waals surface area contributed by atoms with Gasteiger partial charge in [0.15, 0.2) is 0 Å². The third kappa shape index (κ3) is 2.78. The number of H-pyrrole nitrogens is 1. The normalized spacial score (nSPS) is 11.4. The molecular weight excluding hydrogens is 380 g/mol. The number of aromatic nitrogens is 2. The average molecular weight is 400 g/mol. The molecule has 2 heterocycles. The molecule has 0 fully saturated rings. The van der Waals surface area contributed by atoms with E-state index in [9.17, 15) is 0 Å². The summed E-state index contributed by atoms with van der Waals surface area (Å²) in [5.41, 5.74) is 6.46. The molecule has 0 aliphatic rings. The highest BCUT2D eigenvalue weighted by Crippen LogP contribution is 2.40. The molecule has 0 saturated heterocycles. The number of methoxy groups -OCH3 is 1. The van der Waals surface area contributed by atoms with E-state index in [0.717, 1.165) is 49.9 Å². The minimum atomic E-state index is 0.843. The molecule has 0 atom stereocenters. The summed E-state index contributed by atoms with van der Waals surface area (Å²) in [5.74, 6) is 0.843. The number of hydrogen-bond acceptors (Lipinski definition) is 2. The lowest BCUT2D eigenvalue weighted by molar-refractivity contribution is 0.415. The number of nitrogens with one attached hydrogen (secondary N) is 1. The molecule has 0 radical (unpaired) electrons. The summed E-state index contributed by atoms with van der Waals surface area (Å²) in [7, 11) is 1.71. The topological polar surface area (TPSA) is 37.9 Å². The molecule has 0 saturated carbocycles. The quantitative estimate of drug-likeness (QED) is 0.341. The monoisotopic (exact) mass is 400 g/mol. The van der Waals surface area contributed by atoms with E-state index in [2.05, 4.69) is 83.8 Å². The first-order chi connectivity index (χ1) is 15.3. The SMILES string of the molecule is COc1ccc2[nH]c3c(-c4cccc5ccccc45)ncc(-c4ccccc4)c3c2c1. The predicted molar refractivity (Wildman–Crippen MR) is 129 cm³/mol. The number of aromatic amines is 1. The van der Waals surface area contributed by atoms with E-state index in [1.54, 1.807) is 7.11 Å². The van der Waals surface area contributed by atoms with E-state index >= 15 is 0 Å². The molecule has 0 aliphatic carbocycles. The van der Waals surface area contributed by atoms with Gasteiger partial charge in [0.25, 0.3) is 0 Å². The van der Waals surface area contributed by atoms with Crippen LogP contribution < -0.4 is 4.74 Å². The van der Waals surface area contributed by atoms with Crippen molar-refractivity contribution in [3.05, 3.63) is 97.2 Å². The molecule has 0 aliphatic heterocycles. The maximum atomic E-state index is 5.53. The number of fused-ring (bicyclic) bond motifs is 4. The maximum Gasteiger partial charge on any atom is 0.119 e. The summed E-state index contributed by atoms with van der Waals surface area (Å²) in [6.45, 7) is 0. The number of nitrogens with zero attached hydrogens (tertiary/aromatic N) is 1. The van der Waals surface area contributed by atoms with Gasteiger partial charge in [0.05, 0.1) is 18.3 Å². The Kier molecular flexibility index (Phi) is 4.00. The summed E-state index contributed by atoms with van der Waals surface area (Å²) < 4.78 is 5.53. The minimum absolute atomic E-state index is 0.843. The van der Waals surface area contributed by atoms with E-state index in [4.69, 9.17) is 9.72 Å². The Morgan fingerprint density at radius 2 is 1.55 bits per heavy atom. The van der Waals surface area contributed by atoms with Crippen molar-refractivity contribution in [3.8, 4) is 28.1 Å². The predicted octanol–water partition coefficient (Wildman–Crippen LogP) is 7.21. The lowest BCUT2D eigenvalue weighted by Gasteiger charge is -2.11. The zero-order valence-corrected chi connectivity index (χ0v) is 17.1. The van der Waals surface area contributed by atoms with Crippen molar-refractivity contribution >= 4 is 32.6 Å². The average Bonchev–Trinajstić information content (AvgIpc) is 3.22. The van der Waals surface area contributed by atoms with Crippen molar-refractivity contribution in [3.63, 3.8) is 0 Å². The van der Waals surface area contributed by atoms with Crippen LogP contribution in [0, 0.1) is 0 Å². The fraction of sp³-hybridized carbons (Fsp3) is 0.0357. The van der Waals surface area contributed by atoms with Gasteiger partial charge < -0.3 is 9.72 Å². The summed E-state index contributed by atoms with van der Waals surface area (Å²) in [5, 5.41) is 4.71. The third-order valence-corrected chi connectivity index (χ3v) is 5.96. The number of pyridine rings is 1. The number of benzene rings is 4. The molecule has 0 unspecified atom stereocenters. The van der Waals surface area contributed by atoms with Crippen LogP contribution in [-0.4, -0.2) is 17.1 Å². The second kappa shape index (κ2) is 6.99. The molecule has 3 nitrogen and oxygen atoms in total. The van der Waals surface area contributed by atoms with Gasteiger partial charge in [0, 0.05) is 33.6 Å². The second-order valence-corrected chi connectivity index (χ2v) is 7.70. The minimum Gasteiger partial charge on any atom is -0.497 e. The van der Waals surface area contributed by atoms with E-state index in [0.29, 0.717) is 0 Å². The fourth-order valence-electron chi connectivity index (χ4n) is 4.49. The van der Waals surface area contributed by atoms with Crippen molar-refractivity contribution in [1.29, 1.82) is 0 Å². The van der Waals surface area contributed by atoms with Gasteiger partial charge in [-0.1, -0.05) is 72.8 Å². The van der Waals surface area contributed by atoms with Crippen molar-refractivity contribution in [2.24, 2.45) is 0 Å². The summed E-state index contributed by atoms with van der Waals surface area (Å²) in [6, 6.07) is 31.5. The Labute approximate surface area is 179 Å². The Hall–Kier alpha value is -4.11. The van der Waals surface area contributed by atoms with Gasteiger partial charge >= 0.3 is 0 Å². The van der Waals surface area contributed by atoms with E-state index in [1.165, 1.54) is 10.8 Å². The Bertz CT molecular complexity index is 1560. The fourth-order valence-corrected chi connectivity index (χ4v) is 4.49. The molecule has 4 aromatic carbocycles. The summed E-state index contributed by atoms with van der Waals surface area (Å²) in [4.78, 5) is 8.63. The molecule has 0 amide bonds. The summed E-state index contributed by atoms with van der Waals surface area (Å²) in [6.07, 6.45) is 2.00. The van der Waals surface area contributed by atoms with E-state index in [-0.39, 0.29) is 0 Å². The molecule has 6 aromatic rings. The number of ether oxygens (including phenoxy) is 1. The van der Waals surface area contributed by atoms with Crippen LogP contribution in [0.2, 0.25) is 0 Å². The van der Waals surface area contributed by atoms with Gasteiger partial charge in [0.1, 0.15) is 5.75 Å². The first-order valence-electron chi connectivity index (χ1n) is 10.4. The van der Waals surface area contributed by atoms with Crippen LogP contribution in [0.25, 0.3) is 55.0 Å². The second-order valence-electron chi connectivity index (χ2n) is 7.70. The van der Waals surface area contributed by atoms with Gasteiger partial charge in [-0.05, 0) is 34.5 Å². The Morgan fingerprint density at radius 1 is 0.742 bits per heavy atom. The van der Waals surface area contributed by atoms with Gasteiger partial charge in [-0.15, -0.1) is 0 Å². The highest BCUT2D eigenvalue weighted by Gasteiger charge is 2.18. The standard InChI is InChI=1S/C28H20N2O/c1-31-20-14-15-25-23(16-20)26-24(19-8-3-2-4-9-19)17-29-27(28(26)30-25)22-13-7-11-18-10-5-6-12-21(18)22/h2-17,30H,1H3. The number of rotatable bonds is 3. The Morgan fingerprint density at radius 3 is 2.42 bits per heavy atom. The smallest absolute Gasteiger partial charge is 0.119 e. The van der Waals surface area contributed by atoms with Crippen LogP contribution in [0.1, 0.15) is 0 Å². The molecule has 2 aromatic heterocycles. The molecule has 0 spiro atoms. The van der Waals surface area contributed by atoms with Crippen LogP contribution >= 0.6 is 0 Å². The molecular formula is C28H20N2O. The van der Waals surface area contributed by atoms with E-state index < -0.39 is 0 Å². The lowest BCUT2D eigenvalue weighted by atomic mass is 9.97. The lowest BCUT2D eigenvalue weighted by Crippen LogP contribution is -1.90. The van der Waals surface area contributed by atoms with Crippen molar-refractivity contribution in [2.75, 3.05) is 7.11 Å². The number of hydrogen-bond donors (Lipinski definition) is 1. The highest BCUT2D eigenvalue weighted by atomic mass is 16.5. The first kappa shape index (κ1) is 17.7. The largest absolute Gasteiger partial charge is 0.497 e. The van der Waals surface area contributed by atoms with Crippen LogP contribution in [0.15, 0.2) is 97.2 Å². The van der Waals surface area contributed by atoms with Crippen molar-refractivity contribution in [2.45, 2.75) is 0 Å². The van der Waals surface area contributed by atoms with Gasteiger partial charge in [-0.25, -0.2) is 0 Å². The van der Waals surface area contributed by atoms with Crippen LogP contribution in [0.4, 0.5) is 0 Å². The first-order valence-corrected chi connectivity index (χ1v) is 10.4. The van der Waals surface area contributed by atoms with Crippen LogP contribution in [0.3, 0.4) is 0 Å². The van der Waals surface area contributed by atoms with E-state index in [1.807, 2.05) is 18.3 Å². The zero-order chi connectivity index (χ0) is 20.8. The molecule has 0 bridgehead atoms. The molecule has 31 heavy (non-hydrogen) atoms.